The quantitative estimate of drug-likeness (QED) is 0.175. The topological polar surface area (TPSA) is 13.1 Å². The summed E-state index contributed by atoms with van der Waals surface area (Å²) in [5.41, 5.74) is 0.829. The number of fused-ring (bicyclic) bond motifs is 6. The maximum Gasteiger partial charge on any atom is 0.136 e. The predicted octanol–water partition coefficient (Wildman–Crippen LogP) is 13.7. The maximum absolute atomic E-state index is 9.49. The van der Waals surface area contributed by atoms with Crippen molar-refractivity contribution < 1.29 is 27.7 Å². The Hall–Kier alpha value is -6.44. The van der Waals surface area contributed by atoms with E-state index < -0.39 is 147 Å². The monoisotopic (exact) mass is 639 g/mol. The normalized spacial score (nSPS) is 16.5. The molecule has 0 bridgehead atoms. The SMILES string of the molecule is [2H]c1c([2H])c([2H])c(-c2c3c([2H])c([2H])c([2H])c([2H])c3c(-c3c([2H])c([2H])c(-c4ccc5c(c4)oc4ccc(-c6ccc7ccccc7c6)cc45)c([2H])c3[2H])c3c([2H])c([2H])c([2H])c([2H])c23)c([2H])c1[2H]. The number of furan rings is 1. The largest absolute Gasteiger partial charge is 0.456 e. The van der Waals surface area contributed by atoms with Crippen molar-refractivity contribution in [2.45, 2.75) is 0 Å². The van der Waals surface area contributed by atoms with Gasteiger partial charge in [0, 0.05) is 10.8 Å². The van der Waals surface area contributed by atoms with Crippen LogP contribution in [0.25, 0.3) is 98.8 Å². The van der Waals surface area contributed by atoms with E-state index in [2.05, 4.69) is 12.1 Å². The van der Waals surface area contributed by atoms with Gasteiger partial charge in [-0.1, -0.05) is 151 Å². The number of hydrogen-bond donors (Lipinski definition) is 0. The van der Waals surface area contributed by atoms with Crippen LogP contribution in [0.4, 0.5) is 0 Å². The van der Waals surface area contributed by atoms with Gasteiger partial charge in [-0.05, 0) is 107 Å². The molecule has 228 valence electrons. The van der Waals surface area contributed by atoms with Crippen LogP contribution in [-0.2, 0) is 0 Å². The molecule has 0 radical (unpaired) electrons. The number of benzene rings is 9. The van der Waals surface area contributed by atoms with Crippen LogP contribution in [0.15, 0.2) is 186 Å². The van der Waals surface area contributed by atoms with Crippen molar-refractivity contribution in [2.24, 2.45) is 0 Å². The van der Waals surface area contributed by atoms with Gasteiger partial charge in [-0.3, -0.25) is 0 Å². The molecule has 0 aliphatic rings. The van der Waals surface area contributed by atoms with E-state index in [1.54, 1.807) is 18.2 Å². The lowest BCUT2D eigenvalue weighted by Gasteiger charge is -2.18. The lowest BCUT2D eigenvalue weighted by molar-refractivity contribution is 0.669. The maximum atomic E-state index is 9.49. The van der Waals surface area contributed by atoms with Gasteiger partial charge in [-0.25, -0.2) is 0 Å². The fourth-order valence-corrected chi connectivity index (χ4v) is 6.56. The third-order valence-electron chi connectivity index (χ3n) is 8.84. The molecule has 1 nitrogen and oxygen atoms in total. The highest BCUT2D eigenvalue weighted by Crippen LogP contribution is 2.44. The summed E-state index contributed by atoms with van der Waals surface area (Å²) in [6.07, 6.45) is 0. The van der Waals surface area contributed by atoms with Gasteiger partial charge < -0.3 is 4.42 Å². The van der Waals surface area contributed by atoms with Crippen molar-refractivity contribution in [1.82, 2.24) is 0 Å². The Morgan fingerprint density at radius 1 is 0.327 bits per heavy atom. The average molecular weight is 640 g/mol. The second-order valence-electron chi connectivity index (χ2n) is 11.6. The summed E-state index contributed by atoms with van der Waals surface area (Å²) in [5, 5.41) is 1.66. The molecule has 0 amide bonds. The first kappa shape index (κ1) is 15.6. The summed E-state index contributed by atoms with van der Waals surface area (Å²) >= 11 is 0. The Bertz CT molecular complexity index is 3720. The van der Waals surface area contributed by atoms with Crippen molar-refractivity contribution in [3.63, 3.8) is 0 Å². The highest BCUT2D eigenvalue weighted by Gasteiger charge is 2.17. The minimum atomic E-state index is -0.826. The molecule has 0 spiro atoms. The second kappa shape index (κ2) is 11.1. The van der Waals surface area contributed by atoms with E-state index in [0.29, 0.717) is 11.2 Å². The Morgan fingerprint density at radius 3 is 1.55 bits per heavy atom. The van der Waals surface area contributed by atoms with Crippen molar-refractivity contribution >= 4 is 54.3 Å². The molecule has 0 unspecified atom stereocenters. The zero-order chi connectivity index (χ0) is 47.1. The van der Waals surface area contributed by atoms with Gasteiger partial charge in [0.2, 0.25) is 0 Å². The van der Waals surface area contributed by atoms with E-state index in [9.17, 15) is 11.0 Å². The fraction of sp³-hybridized carbons (Fsp3) is 0. The smallest absolute Gasteiger partial charge is 0.136 e. The first-order valence-electron chi connectivity index (χ1n) is 23.9. The van der Waals surface area contributed by atoms with E-state index in [-0.39, 0.29) is 11.1 Å². The standard InChI is InChI=1S/C48H30O/c1-2-11-33(12-3-1)47-40-14-6-8-16-42(40)48(43-17-9-7-15-41(43)47)34-21-18-32(19-22-34)38-24-26-39-44-29-37(25-27-45(44)49-46(39)30-38)36-23-20-31-10-4-5-13-35(31)28-36/h1-30H/i1D,2D,3D,6D,7D,8D,9D,11D,12D,14D,15D,16D,17D,18D,19D,21D,22D. The van der Waals surface area contributed by atoms with Crippen LogP contribution in [0.3, 0.4) is 0 Å². The number of hydrogen-bond acceptors (Lipinski definition) is 1. The van der Waals surface area contributed by atoms with Crippen LogP contribution in [0.5, 0.6) is 0 Å². The van der Waals surface area contributed by atoms with Crippen molar-refractivity contribution in [3.8, 4) is 44.5 Å². The minimum Gasteiger partial charge on any atom is -0.456 e. The summed E-state index contributed by atoms with van der Waals surface area (Å²) in [7, 11) is 0. The van der Waals surface area contributed by atoms with E-state index in [4.69, 9.17) is 16.8 Å². The molecule has 0 fully saturated rings. The van der Waals surface area contributed by atoms with Gasteiger partial charge in [0.25, 0.3) is 0 Å². The van der Waals surface area contributed by atoms with Gasteiger partial charge in [-0.15, -0.1) is 0 Å². The molecule has 1 heterocycles. The van der Waals surface area contributed by atoms with E-state index in [0.717, 1.165) is 32.7 Å². The van der Waals surface area contributed by atoms with Crippen LogP contribution >= 0.6 is 0 Å². The molecule has 1 heteroatoms. The second-order valence-corrected chi connectivity index (χ2v) is 11.6. The summed E-state index contributed by atoms with van der Waals surface area (Å²) in [4.78, 5) is 0. The molecule has 10 rings (SSSR count). The third-order valence-corrected chi connectivity index (χ3v) is 8.84. The fourth-order valence-electron chi connectivity index (χ4n) is 6.56. The summed E-state index contributed by atoms with van der Waals surface area (Å²) in [5.74, 6) is 0. The summed E-state index contributed by atoms with van der Waals surface area (Å²) in [6.45, 7) is 0. The molecule has 0 N–H and O–H groups in total. The minimum absolute atomic E-state index is 0.152. The first-order chi connectivity index (χ1) is 31.3. The van der Waals surface area contributed by atoms with Crippen LogP contribution in [0.2, 0.25) is 0 Å². The molecular formula is C48H30O. The van der Waals surface area contributed by atoms with Crippen molar-refractivity contribution in [1.29, 1.82) is 0 Å². The van der Waals surface area contributed by atoms with Gasteiger partial charge in [0.1, 0.15) is 11.2 Å². The van der Waals surface area contributed by atoms with Crippen LogP contribution in [-0.4, -0.2) is 0 Å². The van der Waals surface area contributed by atoms with E-state index in [1.807, 2.05) is 48.5 Å². The molecule has 0 aliphatic heterocycles. The molecule has 0 saturated carbocycles. The average Bonchev–Trinajstić information content (AvgIpc) is 3.69. The molecule has 0 aliphatic carbocycles. The molecule has 49 heavy (non-hydrogen) atoms. The molecule has 0 atom stereocenters. The molecule has 1 aromatic heterocycles. The molecule has 9 aromatic carbocycles. The van der Waals surface area contributed by atoms with Gasteiger partial charge in [0.15, 0.2) is 0 Å². The van der Waals surface area contributed by atoms with Crippen LogP contribution < -0.4 is 0 Å². The lowest BCUT2D eigenvalue weighted by atomic mass is 9.86. The highest BCUT2D eigenvalue weighted by molar-refractivity contribution is 6.21. The van der Waals surface area contributed by atoms with Crippen molar-refractivity contribution in [2.75, 3.05) is 0 Å². The summed E-state index contributed by atoms with van der Waals surface area (Å²) in [6, 6.07) is 11.9. The zero-order valence-electron chi connectivity index (χ0n) is 42.4. The molecule has 10 aromatic rings. The van der Waals surface area contributed by atoms with Gasteiger partial charge >= 0.3 is 0 Å². The highest BCUT2D eigenvalue weighted by atomic mass is 16.3. The van der Waals surface area contributed by atoms with E-state index >= 15 is 0 Å². The summed E-state index contributed by atoms with van der Waals surface area (Å²) < 4.78 is 158. The first-order valence-corrected chi connectivity index (χ1v) is 15.4. The zero-order valence-corrected chi connectivity index (χ0v) is 25.4. The molecule has 0 saturated heterocycles. The molecular weight excluding hydrogens is 593 g/mol. The van der Waals surface area contributed by atoms with Gasteiger partial charge in [0.05, 0.1) is 23.3 Å². The number of rotatable bonds is 4. The lowest BCUT2D eigenvalue weighted by Crippen LogP contribution is -1.90. The van der Waals surface area contributed by atoms with Crippen LogP contribution in [0.1, 0.15) is 23.3 Å². The Morgan fingerprint density at radius 2 is 0.857 bits per heavy atom. The van der Waals surface area contributed by atoms with Crippen molar-refractivity contribution in [3.05, 3.63) is 182 Å². The van der Waals surface area contributed by atoms with Crippen LogP contribution in [0, 0.1) is 0 Å². The third kappa shape index (κ3) is 4.55. The Balaban J connectivity index is 1.26. The predicted molar refractivity (Wildman–Crippen MR) is 208 cm³/mol. The van der Waals surface area contributed by atoms with E-state index in [1.165, 1.54) is 0 Å². The Labute approximate surface area is 308 Å². The Kier molecular flexibility index (Phi) is 3.54. The van der Waals surface area contributed by atoms with Gasteiger partial charge in [-0.2, -0.15) is 0 Å².